The second kappa shape index (κ2) is 7.33. The highest BCUT2D eigenvalue weighted by Gasteiger charge is 2.12. The molecule has 0 amide bonds. The third kappa shape index (κ3) is 5.01. The van der Waals surface area contributed by atoms with Crippen LogP contribution in [0.1, 0.15) is 25.7 Å². The number of rotatable bonds is 8. The Morgan fingerprint density at radius 3 is 2.67 bits per heavy atom. The largest absolute Gasteiger partial charge is 0.396 e. The minimum atomic E-state index is -3.24. The Hall–Kier alpha value is -1.14. The molecular formula is C12H20N2O3S. The van der Waals surface area contributed by atoms with E-state index in [1.807, 2.05) is 0 Å². The fourth-order valence-corrected chi connectivity index (χ4v) is 2.42. The van der Waals surface area contributed by atoms with Gasteiger partial charge in [-0.2, -0.15) is 0 Å². The monoisotopic (exact) mass is 272 g/mol. The number of anilines is 1. The van der Waals surface area contributed by atoms with E-state index in [4.69, 9.17) is 5.11 Å². The maximum Gasteiger partial charge on any atom is 0.179 e. The fourth-order valence-electron chi connectivity index (χ4n) is 1.62. The molecule has 2 N–H and O–H groups in total. The molecule has 1 aromatic heterocycles. The second-order valence-corrected chi connectivity index (χ2v) is 6.17. The lowest BCUT2D eigenvalue weighted by Gasteiger charge is -2.09. The van der Waals surface area contributed by atoms with E-state index in [0.29, 0.717) is 12.4 Å². The third-order valence-electron chi connectivity index (χ3n) is 2.55. The summed E-state index contributed by atoms with van der Waals surface area (Å²) in [6, 6.07) is 3.17. The van der Waals surface area contributed by atoms with Crippen molar-refractivity contribution >= 4 is 15.7 Å². The molecule has 0 aromatic carbocycles. The number of aliphatic hydroxyl groups excluding tert-OH is 1. The van der Waals surface area contributed by atoms with Crippen molar-refractivity contribution in [1.82, 2.24) is 4.98 Å². The van der Waals surface area contributed by atoms with Gasteiger partial charge in [0.05, 0.1) is 0 Å². The molecule has 0 radical (unpaired) electrons. The second-order valence-electron chi connectivity index (χ2n) is 4.19. The van der Waals surface area contributed by atoms with Crippen LogP contribution in [0.4, 0.5) is 5.82 Å². The number of pyridine rings is 1. The summed E-state index contributed by atoms with van der Waals surface area (Å²) >= 11 is 0. The van der Waals surface area contributed by atoms with Crippen LogP contribution in [-0.2, 0) is 9.84 Å². The number of hydrogen-bond donors (Lipinski definition) is 2. The lowest BCUT2D eigenvalue weighted by molar-refractivity contribution is 0.283. The molecule has 0 saturated carbocycles. The summed E-state index contributed by atoms with van der Waals surface area (Å²) in [4.78, 5) is 4.29. The Bertz CT molecular complexity index is 460. The van der Waals surface area contributed by atoms with Gasteiger partial charge in [0.15, 0.2) is 9.84 Å². The van der Waals surface area contributed by atoms with Gasteiger partial charge in [-0.15, -0.1) is 0 Å². The number of aliphatic hydroxyl groups is 1. The van der Waals surface area contributed by atoms with Crippen LogP contribution < -0.4 is 5.32 Å². The van der Waals surface area contributed by atoms with Crippen molar-refractivity contribution in [2.45, 2.75) is 30.6 Å². The van der Waals surface area contributed by atoms with Crippen molar-refractivity contribution in [1.29, 1.82) is 0 Å². The van der Waals surface area contributed by atoms with E-state index in [9.17, 15) is 8.42 Å². The summed E-state index contributed by atoms with van der Waals surface area (Å²) in [5.74, 6) is 0.419. The molecule has 0 saturated heterocycles. The predicted octanol–water partition coefficient (Wildman–Crippen LogP) is 1.45. The van der Waals surface area contributed by atoms with E-state index in [1.165, 1.54) is 6.26 Å². The van der Waals surface area contributed by atoms with Gasteiger partial charge in [-0.05, 0) is 25.0 Å². The highest BCUT2D eigenvalue weighted by atomic mass is 32.2. The van der Waals surface area contributed by atoms with E-state index >= 15 is 0 Å². The normalized spacial score (nSPS) is 11.4. The number of hydrogen-bond acceptors (Lipinski definition) is 5. The number of nitrogens with zero attached hydrogens (tertiary/aromatic N) is 1. The molecule has 0 fully saturated rings. The van der Waals surface area contributed by atoms with Crippen molar-refractivity contribution < 1.29 is 13.5 Å². The first-order valence-electron chi connectivity index (χ1n) is 6.05. The highest BCUT2D eigenvalue weighted by Crippen LogP contribution is 2.17. The first kappa shape index (κ1) is 14.9. The Labute approximate surface area is 108 Å². The minimum Gasteiger partial charge on any atom is -0.396 e. The summed E-state index contributed by atoms with van der Waals surface area (Å²) in [5.41, 5.74) is 0. The van der Waals surface area contributed by atoms with E-state index < -0.39 is 9.84 Å². The van der Waals surface area contributed by atoms with Gasteiger partial charge in [0.25, 0.3) is 0 Å². The minimum absolute atomic E-state index is 0.228. The zero-order valence-electron chi connectivity index (χ0n) is 10.6. The van der Waals surface area contributed by atoms with E-state index in [1.54, 1.807) is 18.3 Å². The van der Waals surface area contributed by atoms with Crippen molar-refractivity contribution in [2.75, 3.05) is 24.7 Å². The fraction of sp³-hybridized carbons (Fsp3) is 0.583. The van der Waals surface area contributed by atoms with Gasteiger partial charge in [-0.3, -0.25) is 0 Å². The van der Waals surface area contributed by atoms with Crippen LogP contribution in [-0.4, -0.2) is 37.9 Å². The third-order valence-corrected chi connectivity index (χ3v) is 3.68. The van der Waals surface area contributed by atoms with Gasteiger partial charge in [0.2, 0.25) is 0 Å². The summed E-state index contributed by atoms with van der Waals surface area (Å²) < 4.78 is 23.0. The van der Waals surface area contributed by atoms with E-state index in [2.05, 4.69) is 10.3 Å². The summed E-state index contributed by atoms with van der Waals surface area (Å²) in [7, 11) is -3.24. The van der Waals surface area contributed by atoms with Crippen LogP contribution >= 0.6 is 0 Å². The first-order valence-corrected chi connectivity index (χ1v) is 7.94. The quantitative estimate of drug-likeness (QED) is 0.700. The summed E-state index contributed by atoms with van der Waals surface area (Å²) in [5, 5.41) is 11.7. The molecule has 0 aliphatic heterocycles. The van der Waals surface area contributed by atoms with E-state index in [-0.39, 0.29) is 11.5 Å². The van der Waals surface area contributed by atoms with Gasteiger partial charge in [-0.1, -0.05) is 12.8 Å². The van der Waals surface area contributed by atoms with Crippen LogP contribution in [0.3, 0.4) is 0 Å². The van der Waals surface area contributed by atoms with Gasteiger partial charge in [0, 0.05) is 25.6 Å². The Morgan fingerprint density at radius 1 is 1.28 bits per heavy atom. The summed E-state index contributed by atoms with van der Waals surface area (Å²) in [6.45, 7) is 0.914. The topological polar surface area (TPSA) is 79.3 Å². The number of unbranched alkanes of at least 4 members (excludes halogenated alkanes) is 3. The van der Waals surface area contributed by atoms with E-state index in [0.717, 1.165) is 25.7 Å². The maximum absolute atomic E-state index is 11.5. The molecule has 102 valence electrons. The van der Waals surface area contributed by atoms with Gasteiger partial charge < -0.3 is 10.4 Å². The molecule has 6 heteroatoms. The van der Waals surface area contributed by atoms with Crippen LogP contribution in [0.2, 0.25) is 0 Å². The van der Waals surface area contributed by atoms with Crippen LogP contribution in [0.25, 0.3) is 0 Å². The van der Waals surface area contributed by atoms with Gasteiger partial charge in [-0.25, -0.2) is 13.4 Å². The molecule has 0 aliphatic carbocycles. The highest BCUT2D eigenvalue weighted by molar-refractivity contribution is 7.90. The van der Waals surface area contributed by atoms with Crippen LogP contribution in [0.5, 0.6) is 0 Å². The van der Waals surface area contributed by atoms with Crippen molar-refractivity contribution in [3.8, 4) is 0 Å². The van der Waals surface area contributed by atoms with Crippen LogP contribution in [0.15, 0.2) is 23.2 Å². The molecular weight excluding hydrogens is 252 g/mol. The standard InChI is InChI=1S/C12H20N2O3S/c1-18(16,17)11-7-6-9-14-12(11)13-8-4-2-3-5-10-15/h6-7,9,15H,2-5,8,10H2,1H3,(H,13,14). The Balaban J connectivity index is 2.48. The molecule has 1 heterocycles. The first-order chi connectivity index (χ1) is 8.55. The SMILES string of the molecule is CS(=O)(=O)c1cccnc1NCCCCCCO. The average molecular weight is 272 g/mol. The average Bonchev–Trinajstić information content (AvgIpc) is 2.33. The van der Waals surface area contributed by atoms with Crippen molar-refractivity contribution in [2.24, 2.45) is 0 Å². The number of aromatic nitrogens is 1. The lowest BCUT2D eigenvalue weighted by Crippen LogP contribution is -2.09. The molecule has 18 heavy (non-hydrogen) atoms. The zero-order valence-corrected chi connectivity index (χ0v) is 11.4. The molecule has 1 rings (SSSR count). The summed E-state index contributed by atoms with van der Waals surface area (Å²) in [6.07, 6.45) is 6.49. The maximum atomic E-state index is 11.5. The molecule has 0 aliphatic rings. The molecule has 0 spiro atoms. The van der Waals surface area contributed by atoms with Crippen molar-refractivity contribution in [3.63, 3.8) is 0 Å². The molecule has 5 nitrogen and oxygen atoms in total. The predicted molar refractivity (Wildman–Crippen MR) is 71.4 cm³/mol. The Kier molecular flexibility index (Phi) is 6.07. The number of sulfone groups is 1. The van der Waals surface area contributed by atoms with Crippen LogP contribution in [0, 0.1) is 0 Å². The number of nitrogens with one attached hydrogen (secondary N) is 1. The van der Waals surface area contributed by atoms with Crippen molar-refractivity contribution in [3.05, 3.63) is 18.3 Å². The molecule has 1 aromatic rings. The Morgan fingerprint density at radius 2 is 2.00 bits per heavy atom. The lowest BCUT2D eigenvalue weighted by atomic mass is 10.2. The van der Waals surface area contributed by atoms with Gasteiger partial charge in [0.1, 0.15) is 10.7 Å². The molecule has 0 bridgehead atoms. The smallest absolute Gasteiger partial charge is 0.179 e. The van der Waals surface area contributed by atoms with Gasteiger partial charge >= 0.3 is 0 Å². The molecule has 0 unspecified atom stereocenters. The zero-order chi connectivity index (χ0) is 13.4. The molecule has 0 atom stereocenters.